The van der Waals surface area contributed by atoms with Crippen LogP contribution >= 0.6 is 11.6 Å². The summed E-state index contributed by atoms with van der Waals surface area (Å²) in [6.45, 7) is -0.694. The Morgan fingerprint density at radius 1 is 1.11 bits per heavy atom. The Morgan fingerprint density at radius 2 is 1.78 bits per heavy atom. The van der Waals surface area contributed by atoms with Gasteiger partial charge in [0.05, 0.1) is 30.2 Å². The zero-order valence-electron chi connectivity index (χ0n) is 14.3. The van der Waals surface area contributed by atoms with Crippen molar-refractivity contribution in [1.29, 1.82) is 0 Å². The van der Waals surface area contributed by atoms with Crippen LogP contribution < -0.4 is 20.5 Å². The molecule has 140 valence electrons. The third-order valence-corrected chi connectivity index (χ3v) is 3.76. The van der Waals surface area contributed by atoms with E-state index in [9.17, 15) is 19.5 Å². The number of amides is 2. The van der Waals surface area contributed by atoms with Gasteiger partial charge < -0.3 is 25.3 Å². The highest BCUT2D eigenvalue weighted by atomic mass is 35.5. The highest BCUT2D eigenvalue weighted by molar-refractivity contribution is 6.34. The lowest BCUT2D eigenvalue weighted by atomic mass is 10.1. The standard InChI is InChI=1S/C19H17ClN2O5/c1-27-13-8-6-12(7-9-13)10-16(19(26)21-11-17(23)24)22-18(25)14-4-2-3-5-15(14)20/h2-10H,11H2,1H3,(H,21,26)(H,22,25)(H,23,24)/p-1/b16-10+. The van der Waals surface area contributed by atoms with Gasteiger partial charge in [-0.2, -0.15) is 0 Å². The Morgan fingerprint density at radius 3 is 2.37 bits per heavy atom. The lowest BCUT2D eigenvalue weighted by molar-refractivity contribution is -0.303. The summed E-state index contributed by atoms with van der Waals surface area (Å²) in [5.74, 6) is -2.22. The molecule has 2 rings (SSSR count). The van der Waals surface area contributed by atoms with E-state index in [1.807, 2.05) is 0 Å². The molecule has 0 aliphatic heterocycles. The minimum Gasteiger partial charge on any atom is -0.548 e. The van der Waals surface area contributed by atoms with E-state index >= 15 is 0 Å². The van der Waals surface area contributed by atoms with Gasteiger partial charge in [0.1, 0.15) is 11.4 Å². The molecule has 0 heterocycles. The number of hydrogen-bond acceptors (Lipinski definition) is 5. The number of ether oxygens (including phenoxy) is 1. The van der Waals surface area contributed by atoms with E-state index in [4.69, 9.17) is 16.3 Å². The number of carbonyl (C=O) groups is 3. The number of rotatable bonds is 7. The summed E-state index contributed by atoms with van der Waals surface area (Å²) < 4.78 is 5.07. The fourth-order valence-electron chi connectivity index (χ4n) is 2.11. The van der Waals surface area contributed by atoms with Crippen LogP contribution in [0.2, 0.25) is 5.02 Å². The molecule has 0 saturated heterocycles. The molecular formula is C19H16ClN2O5-. The summed E-state index contributed by atoms with van der Waals surface area (Å²) in [6, 6.07) is 13.0. The van der Waals surface area contributed by atoms with Crippen molar-refractivity contribution in [3.63, 3.8) is 0 Å². The van der Waals surface area contributed by atoms with E-state index in [-0.39, 0.29) is 16.3 Å². The molecule has 7 nitrogen and oxygen atoms in total. The number of hydrogen-bond donors (Lipinski definition) is 2. The molecule has 2 aromatic rings. The highest BCUT2D eigenvalue weighted by Gasteiger charge is 2.16. The van der Waals surface area contributed by atoms with Crippen LogP contribution in [0.25, 0.3) is 6.08 Å². The maximum atomic E-state index is 12.4. The number of benzene rings is 2. The molecule has 27 heavy (non-hydrogen) atoms. The first-order valence-corrected chi connectivity index (χ1v) is 8.18. The molecule has 0 spiro atoms. The van der Waals surface area contributed by atoms with Gasteiger partial charge in [0.2, 0.25) is 0 Å². The second kappa shape index (κ2) is 9.40. The van der Waals surface area contributed by atoms with Crippen molar-refractivity contribution in [3.05, 3.63) is 70.4 Å². The van der Waals surface area contributed by atoms with Crippen LogP contribution in [0.3, 0.4) is 0 Å². The van der Waals surface area contributed by atoms with Crippen LogP contribution in [0.4, 0.5) is 0 Å². The zero-order valence-corrected chi connectivity index (χ0v) is 15.1. The first-order valence-electron chi connectivity index (χ1n) is 7.80. The first kappa shape index (κ1) is 20.0. The van der Waals surface area contributed by atoms with Crippen LogP contribution in [0.5, 0.6) is 5.75 Å². The number of carboxylic acids is 1. The van der Waals surface area contributed by atoms with E-state index in [2.05, 4.69) is 10.6 Å². The van der Waals surface area contributed by atoms with Crippen molar-refractivity contribution in [2.24, 2.45) is 0 Å². The Kier molecular flexibility index (Phi) is 6.96. The lowest BCUT2D eigenvalue weighted by Gasteiger charge is -2.12. The van der Waals surface area contributed by atoms with Crippen molar-refractivity contribution in [2.75, 3.05) is 13.7 Å². The molecule has 0 aromatic heterocycles. The fourth-order valence-corrected chi connectivity index (χ4v) is 2.33. The highest BCUT2D eigenvalue weighted by Crippen LogP contribution is 2.16. The van der Waals surface area contributed by atoms with Crippen molar-refractivity contribution in [3.8, 4) is 5.75 Å². The molecule has 0 bridgehead atoms. The molecular weight excluding hydrogens is 372 g/mol. The molecule has 0 atom stereocenters. The quantitative estimate of drug-likeness (QED) is 0.689. The van der Waals surface area contributed by atoms with Gasteiger partial charge in [-0.15, -0.1) is 0 Å². The third-order valence-electron chi connectivity index (χ3n) is 3.43. The van der Waals surface area contributed by atoms with Gasteiger partial charge in [-0.1, -0.05) is 35.9 Å². The summed E-state index contributed by atoms with van der Waals surface area (Å²) in [5, 5.41) is 15.4. The largest absolute Gasteiger partial charge is 0.548 e. The molecule has 0 radical (unpaired) electrons. The Hall–Kier alpha value is -3.32. The lowest BCUT2D eigenvalue weighted by Crippen LogP contribution is -2.41. The van der Waals surface area contributed by atoms with Crippen molar-refractivity contribution in [1.82, 2.24) is 10.6 Å². The molecule has 8 heteroatoms. The predicted molar refractivity (Wildman–Crippen MR) is 97.9 cm³/mol. The zero-order chi connectivity index (χ0) is 19.8. The normalized spacial score (nSPS) is 10.8. The Balaban J connectivity index is 2.29. The van der Waals surface area contributed by atoms with E-state index < -0.39 is 24.3 Å². The Bertz CT molecular complexity index is 878. The number of methoxy groups -OCH3 is 1. The van der Waals surface area contributed by atoms with Crippen molar-refractivity contribution < 1.29 is 24.2 Å². The summed E-state index contributed by atoms with van der Waals surface area (Å²) in [4.78, 5) is 35.3. The summed E-state index contributed by atoms with van der Waals surface area (Å²) in [6.07, 6.45) is 1.40. The van der Waals surface area contributed by atoms with Gasteiger partial charge >= 0.3 is 0 Å². The van der Waals surface area contributed by atoms with Crippen LogP contribution in [-0.4, -0.2) is 31.4 Å². The maximum absolute atomic E-state index is 12.4. The molecule has 0 unspecified atom stereocenters. The van der Waals surface area contributed by atoms with E-state index in [1.54, 1.807) is 42.5 Å². The van der Waals surface area contributed by atoms with Gasteiger partial charge in [0, 0.05) is 0 Å². The number of carbonyl (C=O) groups excluding carboxylic acids is 3. The predicted octanol–water partition coefficient (Wildman–Crippen LogP) is 0.986. The average molecular weight is 388 g/mol. The minimum atomic E-state index is -1.45. The van der Waals surface area contributed by atoms with Crippen molar-refractivity contribution in [2.45, 2.75) is 0 Å². The second-order valence-electron chi connectivity index (χ2n) is 5.32. The fraction of sp³-hybridized carbons (Fsp3) is 0.105. The molecule has 0 fully saturated rings. The van der Waals surface area contributed by atoms with Gasteiger partial charge in [-0.05, 0) is 35.9 Å². The monoisotopic (exact) mass is 387 g/mol. The number of aliphatic carboxylic acids is 1. The molecule has 2 amide bonds. The summed E-state index contributed by atoms with van der Waals surface area (Å²) in [5.41, 5.74) is 0.618. The molecule has 0 aliphatic rings. The van der Waals surface area contributed by atoms with Gasteiger partial charge in [0.15, 0.2) is 0 Å². The van der Waals surface area contributed by atoms with Gasteiger partial charge in [-0.3, -0.25) is 9.59 Å². The topological polar surface area (TPSA) is 108 Å². The molecule has 0 saturated carbocycles. The van der Waals surface area contributed by atoms with Gasteiger partial charge in [0.25, 0.3) is 11.8 Å². The van der Waals surface area contributed by atoms with E-state index in [0.717, 1.165) is 0 Å². The molecule has 0 aliphatic carbocycles. The van der Waals surface area contributed by atoms with Crippen LogP contribution in [0, 0.1) is 0 Å². The number of halogens is 1. The molecule has 2 N–H and O–H groups in total. The van der Waals surface area contributed by atoms with Crippen molar-refractivity contribution >= 4 is 35.5 Å². The van der Waals surface area contributed by atoms with Crippen LogP contribution in [-0.2, 0) is 9.59 Å². The summed E-state index contributed by atoms with van der Waals surface area (Å²) >= 11 is 6.00. The van der Waals surface area contributed by atoms with Crippen LogP contribution in [0.1, 0.15) is 15.9 Å². The molecule has 2 aromatic carbocycles. The first-order chi connectivity index (χ1) is 12.9. The van der Waals surface area contributed by atoms with E-state index in [0.29, 0.717) is 11.3 Å². The number of nitrogens with one attached hydrogen (secondary N) is 2. The third kappa shape index (κ3) is 5.86. The smallest absolute Gasteiger partial charge is 0.268 e. The average Bonchev–Trinajstić information content (AvgIpc) is 2.66. The summed E-state index contributed by atoms with van der Waals surface area (Å²) in [7, 11) is 1.52. The number of carboxylic acid groups (broad SMARTS) is 1. The maximum Gasteiger partial charge on any atom is 0.268 e. The SMILES string of the molecule is COc1ccc(/C=C(/NC(=O)c2ccccc2Cl)C(=O)NCC(=O)[O-])cc1. The van der Waals surface area contributed by atoms with Crippen LogP contribution in [0.15, 0.2) is 54.2 Å². The minimum absolute atomic E-state index is 0.147. The van der Waals surface area contributed by atoms with Gasteiger partial charge in [-0.25, -0.2) is 0 Å². The Labute approximate surface area is 160 Å². The second-order valence-corrected chi connectivity index (χ2v) is 5.73. The van der Waals surface area contributed by atoms with E-state index in [1.165, 1.54) is 19.3 Å².